The van der Waals surface area contributed by atoms with Gasteiger partial charge in [0.1, 0.15) is 0 Å². The van der Waals surface area contributed by atoms with Gasteiger partial charge in [0.05, 0.1) is 4.88 Å². The SMILES string of the molecule is CC(C)N(CCCO)C(=O)c1cc2c(s1)CCSC2. The maximum absolute atomic E-state index is 12.6. The highest BCUT2D eigenvalue weighted by Gasteiger charge is 2.23. The highest BCUT2D eigenvalue weighted by atomic mass is 32.2. The lowest BCUT2D eigenvalue weighted by atomic mass is 10.2. The molecule has 0 spiro atoms. The Hall–Kier alpha value is -0.520. The quantitative estimate of drug-likeness (QED) is 0.909. The van der Waals surface area contributed by atoms with Gasteiger partial charge in [-0.15, -0.1) is 11.3 Å². The minimum absolute atomic E-state index is 0.118. The van der Waals surface area contributed by atoms with Gasteiger partial charge in [-0.3, -0.25) is 4.79 Å². The standard InChI is InChI=1S/C14H21NO2S2/c1-10(2)15(5-3-6-16)14(17)13-8-11-9-18-7-4-12(11)19-13/h8,10,16H,3-7,9H2,1-2H3. The number of hydrogen-bond acceptors (Lipinski definition) is 4. The van der Waals surface area contributed by atoms with Crippen molar-refractivity contribution in [2.75, 3.05) is 18.9 Å². The van der Waals surface area contributed by atoms with Crippen LogP contribution in [0.25, 0.3) is 0 Å². The van der Waals surface area contributed by atoms with Crippen LogP contribution in [0.5, 0.6) is 0 Å². The molecule has 1 aliphatic heterocycles. The van der Waals surface area contributed by atoms with Crippen LogP contribution in [0.15, 0.2) is 6.07 Å². The highest BCUT2D eigenvalue weighted by molar-refractivity contribution is 7.98. The number of nitrogens with zero attached hydrogens (tertiary/aromatic N) is 1. The van der Waals surface area contributed by atoms with E-state index in [2.05, 4.69) is 6.07 Å². The molecule has 0 radical (unpaired) electrons. The zero-order valence-corrected chi connectivity index (χ0v) is 13.1. The third kappa shape index (κ3) is 3.52. The Bertz CT molecular complexity index is 419. The molecule has 0 saturated heterocycles. The van der Waals surface area contributed by atoms with Gasteiger partial charge >= 0.3 is 0 Å². The molecule has 1 aromatic heterocycles. The van der Waals surface area contributed by atoms with Gasteiger partial charge in [0.2, 0.25) is 0 Å². The third-order valence-corrected chi connectivity index (χ3v) is 5.51. The van der Waals surface area contributed by atoms with Gasteiger partial charge in [-0.2, -0.15) is 11.8 Å². The van der Waals surface area contributed by atoms with Crippen molar-refractivity contribution in [2.45, 2.75) is 38.5 Å². The molecule has 3 nitrogen and oxygen atoms in total. The topological polar surface area (TPSA) is 40.5 Å². The first-order chi connectivity index (χ1) is 9.13. The molecule has 5 heteroatoms. The molecule has 2 rings (SSSR count). The number of hydrogen-bond donors (Lipinski definition) is 1. The van der Waals surface area contributed by atoms with E-state index in [0.717, 1.165) is 17.1 Å². The van der Waals surface area contributed by atoms with Crippen molar-refractivity contribution >= 4 is 29.0 Å². The van der Waals surface area contributed by atoms with Gasteiger partial charge < -0.3 is 10.0 Å². The number of aliphatic hydroxyl groups is 1. The Labute approximate surface area is 123 Å². The van der Waals surface area contributed by atoms with Crippen molar-refractivity contribution in [1.82, 2.24) is 4.90 Å². The molecule has 106 valence electrons. The van der Waals surface area contributed by atoms with Crippen LogP contribution in [0.3, 0.4) is 0 Å². The van der Waals surface area contributed by atoms with Crippen LogP contribution in [0.1, 0.15) is 40.4 Å². The second-order valence-corrected chi connectivity index (χ2v) is 7.27. The van der Waals surface area contributed by atoms with Crippen molar-refractivity contribution in [3.8, 4) is 0 Å². The summed E-state index contributed by atoms with van der Waals surface area (Å²) >= 11 is 3.60. The Morgan fingerprint density at radius 1 is 1.53 bits per heavy atom. The fraction of sp³-hybridized carbons (Fsp3) is 0.643. The normalized spacial score (nSPS) is 14.5. The number of fused-ring (bicyclic) bond motifs is 1. The van der Waals surface area contributed by atoms with Crippen LogP contribution in [0, 0.1) is 0 Å². The molecule has 0 aliphatic carbocycles. The van der Waals surface area contributed by atoms with E-state index in [-0.39, 0.29) is 18.6 Å². The number of carbonyl (C=O) groups excluding carboxylic acids is 1. The van der Waals surface area contributed by atoms with E-state index in [9.17, 15) is 4.79 Å². The highest BCUT2D eigenvalue weighted by Crippen LogP contribution is 2.32. The molecule has 1 aliphatic rings. The molecule has 19 heavy (non-hydrogen) atoms. The lowest BCUT2D eigenvalue weighted by Gasteiger charge is -2.26. The molecule has 0 saturated carbocycles. The zero-order valence-electron chi connectivity index (χ0n) is 11.5. The average molecular weight is 299 g/mol. The molecule has 2 heterocycles. The summed E-state index contributed by atoms with van der Waals surface area (Å²) in [7, 11) is 0. The average Bonchev–Trinajstić information content (AvgIpc) is 2.82. The maximum Gasteiger partial charge on any atom is 0.264 e. The number of carbonyl (C=O) groups is 1. The molecule has 1 aromatic rings. The first kappa shape index (κ1) is 14.9. The minimum atomic E-state index is 0.118. The summed E-state index contributed by atoms with van der Waals surface area (Å²) in [5.41, 5.74) is 1.34. The fourth-order valence-corrected chi connectivity index (χ4v) is 4.56. The van der Waals surface area contributed by atoms with Crippen molar-refractivity contribution in [3.05, 3.63) is 21.4 Å². The molecule has 0 bridgehead atoms. The lowest BCUT2D eigenvalue weighted by Crippen LogP contribution is -2.37. The summed E-state index contributed by atoms with van der Waals surface area (Å²) in [5, 5.41) is 8.94. The van der Waals surface area contributed by atoms with E-state index in [1.165, 1.54) is 16.2 Å². The third-order valence-electron chi connectivity index (χ3n) is 3.28. The molecule has 1 amide bonds. The van der Waals surface area contributed by atoms with Crippen molar-refractivity contribution in [2.24, 2.45) is 0 Å². The van der Waals surface area contributed by atoms with Crippen LogP contribution in [0.4, 0.5) is 0 Å². The number of thiophene rings is 1. The molecule has 0 aromatic carbocycles. The Morgan fingerprint density at radius 3 is 2.95 bits per heavy atom. The van der Waals surface area contributed by atoms with E-state index in [1.807, 2.05) is 30.5 Å². The number of thioether (sulfide) groups is 1. The van der Waals surface area contributed by atoms with Gasteiger partial charge in [-0.25, -0.2) is 0 Å². The van der Waals surface area contributed by atoms with Crippen LogP contribution in [0.2, 0.25) is 0 Å². The monoisotopic (exact) mass is 299 g/mol. The zero-order chi connectivity index (χ0) is 13.8. The van der Waals surface area contributed by atoms with Gasteiger partial charge in [0.25, 0.3) is 5.91 Å². The Kier molecular flexibility index (Phi) is 5.30. The second-order valence-electron chi connectivity index (χ2n) is 5.03. The first-order valence-electron chi connectivity index (χ1n) is 6.74. The summed E-state index contributed by atoms with van der Waals surface area (Å²) in [6.45, 7) is 4.82. The van der Waals surface area contributed by atoms with Crippen LogP contribution < -0.4 is 0 Å². The van der Waals surface area contributed by atoms with E-state index in [4.69, 9.17) is 5.11 Å². The summed E-state index contributed by atoms with van der Waals surface area (Å²) < 4.78 is 0. The van der Waals surface area contributed by atoms with Gasteiger partial charge in [-0.05, 0) is 44.1 Å². The summed E-state index contributed by atoms with van der Waals surface area (Å²) in [6.07, 6.45) is 1.74. The van der Waals surface area contributed by atoms with Gasteiger partial charge in [-0.1, -0.05) is 0 Å². The van der Waals surface area contributed by atoms with Gasteiger partial charge in [0.15, 0.2) is 0 Å². The maximum atomic E-state index is 12.6. The largest absolute Gasteiger partial charge is 0.396 e. The van der Waals surface area contributed by atoms with E-state index < -0.39 is 0 Å². The second kappa shape index (κ2) is 6.77. The van der Waals surface area contributed by atoms with Crippen molar-refractivity contribution in [1.29, 1.82) is 0 Å². The molecule has 1 N–H and O–H groups in total. The minimum Gasteiger partial charge on any atom is -0.396 e. The van der Waals surface area contributed by atoms with E-state index in [0.29, 0.717) is 13.0 Å². The molecular formula is C14H21NO2S2. The molecule has 0 unspecified atom stereocenters. The Balaban J connectivity index is 2.14. The van der Waals surface area contributed by atoms with Crippen LogP contribution in [-0.4, -0.2) is 40.9 Å². The van der Waals surface area contributed by atoms with E-state index in [1.54, 1.807) is 11.3 Å². The Morgan fingerprint density at radius 2 is 2.32 bits per heavy atom. The number of aryl methyl sites for hydroxylation is 1. The number of rotatable bonds is 5. The van der Waals surface area contributed by atoms with Crippen molar-refractivity contribution in [3.63, 3.8) is 0 Å². The van der Waals surface area contributed by atoms with Crippen molar-refractivity contribution < 1.29 is 9.90 Å². The fourth-order valence-electron chi connectivity index (χ4n) is 2.23. The lowest BCUT2D eigenvalue weighted by molar-refractivity contribution is 0.0698. The predicted octanol–water partition coefficient (Wildman–Crippen LogP) is 2.77. The molecular weight excluding hydrogens is 278 g/mol. The first-order valence-corrected chi connectivity index (χ1v) is 8.71. The smallest absolute Gasteiger partial charge is 0.264 e. The molecule has 0 atom stereocenters. The number of amides is 1. The summed E-state index contributed by atoms with van der Waals surface area (Å²) in [4.78, 5) is 16.7. The van der Waals surface area contributed by atoms with Crippen LogP contribution >= 0.6 is 23.1 Å². The van der Waals surface area contributed by atoms with E-state index >= 15 is 0 Å². The number of aliphatic hydroxyl groups excluding tert-OH is 1. The predicted molar refractivity (Wildman–Crippen MR) is 82.1 cm³/mol. The summed E-state index contributed by atoms with van der Waals surface area (Å²) in [5.74, 6) is 2.32. The van der Waals surface area contributed by atoms with Gasteiger partial charge in [0, 0.05) is 29.8 Å². The van der Waals surface area contributed by atoms with Crippen LogP contribution in [-0.2, 0) is 12.2 Å². The summed E-state index contributed by atoms with van der Waals surface area (Å²) in [6, 6.07) is 2.25. The molecule has 0 fully saturated rings.